The number of thiophene rings is 1. The van der Waals surface area contributed by atoms with E-state index in [0.29, 0.717) is 6.42 Å². The van der Waals surface area contributed by atoms with Gasteiger partial charge < -0.3 is 0 Å². The average molecular weight is 425 g/mol. The largest absolute Gasteiger partial charge is 0.294 e. The van der Waals surface area contributed by atoms with E-state index in [2.05, 4.69) is 43.6 Å². The van der Waals surface area contributed by atoms with Gasteiger partial charge in [0.25, 0.3) is 0 Å². The zero-order valence-corrected chi connectivity index (χ0v) is 13.9. The molecule has 0 aromatic carbocycles. The lowest BCUT2D eigenvalue weighted by Crippen LogP contribution is -2.07. The van der Waals surface area contributed by atoms with E-state index in [9.17, 15) is 4.79 Å². The molecule has 0 aliphatic rings. The number of Topliss-reactive ketones (excluding diaryl/α,β-unsaturated/α-hetero) is 1. The van der Waals surface area contributed by atoms with Crippen molar-refractivity contribution in [3.05, 3.63) is 35.8 Å². The van der Waals surface area contributed by atoms with Crippen molar-refractivity contribution in [3.8, 4) is 0 Å². The molecule has 90 valence electrons. The fourth-order valence-corrected chi connectivity index (χ4v) is 3.41. The Morgan fingerprint density at radius 3 is 2.82 bits per heavy atom. The number of hydrogen-bond acceptors (Lipinski definition) is 3. The number of ketones is 1. The van der Waals surface area contributed by atoms with Gasteiger partial charge >= 0.3 is 0 Å². The number of aryl methyl sites for hydroxylation is 2. The summed E-state index contributed by atoms with van der Waals surface area (Å²) in [5.41, 5.74) is 2.62. The molecule has 0 saturated heterocycles. The van der Waals surface area contributed by atoms with Crippen molar-refractivity contribution in [2.24, 2.45) is 7.05 Å². The maximum atomic E-state index is 12.1. The lowest BCUT2D eigenvalue weighted by molar-refractivity contribution is 0.0991. The van der Waals surface area contributed by atoms with E-state index in [1.54, 1.807) is 16.0 Å². The lowest BCUT2D eigenvalue weighted by atomic mass is 10.1. The average Bonchev–Trinajstić information content (AvgIpc) is 2.79. The molecule has 2 aromatic rings. The second-order valence-corrected chi connectivity index (χ2v) is 7.31. The van der Waals surface area contributed by atoms with Gasteiger partial charge in [-0.05, 0) is 51.5 Å². The number of aromatic nitrogens is 2. The van der Waals surface area contributed by atoms with Crippen LogP contribution in [0, 0.1) is 9.81 Å². The van der Waals surface area contributed by atoms with Crippen molar-refractivity contribution in [1.29, 1.82) is 0 Å². The number of nitrogens with zero attached hydrogens (tertiary/aromatic N) is 2. The number of carbonyl (C=O) groups excluding carboxylic acids is 1. The Morgan fingerprint density at radius 1 is 1.65 bits per heavy atom. The summed E-state index contributed by atoms with van der Waals surface area (Å²) in [4.78, 5) is 12.1. The second kappa shape index (κ2) is 5.19. The molecule has 6 heteroatoms. The van der Waals surface area contributed by atoms with Crippen molar-refractivity contribution in [1.82, 2.24) is 9.78 Å². The Balaban J connectivity index is 2.24. The first kappa shape index (κ1) is 13.2. The molecule has 3 nitrogen and oxygen atoms in total. The van der Waals surface area contributed by atoms with E-state index >= 15 is 0 Å². The molecule has 0 bridgehead atoms. The summed E-state index contributed by atoms with van der Waals surface area (Å²) in [6, 6.07) is 1.92. The fourth-order valence-electron chi connectivity index (χ4n) is 1.58. The van der Waals surface area contributed by atoms with E-state index < -0.39 is 0 Å². The van der Waals surface area contributed by atoms with Crippen molar-refractivity contribution >= 4 is 55.6 Å². The summed E-state index contributed by atoms with van der Waals surface area (Å²) < 4.78 is 3.82. The topological polar surface area (TPSA) is 34.9 Å². The molecular weight excluding hydrogens is 415 g/mol. The first-order valence-corrected chi connectivity index (χ1v) is 7.69. The molecule has 0 saturated carbocycles. The second-order valence-electron chi connectivity index (χ2n) is 3.71. The van der Waals surface area contributed by atoms with Gasteiger partial charge in [-0.3, -0.25) is 9.48 Å². The van der Waals surface area contributed by atoms with E-state index in [0.717, 1.165) is 24.3 Å². The first-order chi connectivity index (χ1) is 7.99. The molecule has 0 aliphatic heterocycles. The highest BCUT2D eigenvalue weighted by atomic mass is 127. The Hall–Kier alpha value is -0.210. The van der Waals surface area contributed by atoms with Crippen molar-refractivity contribution in [2.75, 3.05) is 0 Å². The predicted octanol–water partition coefficient (Wildman–Crippen LogP) is 3.58. The molecule has 0 atom stereocenters. The molecular formula is C11H10BrIN2OS. The minimum absolute atomic E-state index is 0.132. The van der Waals surface area contributed by atoms with E-state index in [1.165, 1.54) is 0 Å². The lowest BCUT2D eigenvalue weighted by Gasteiger charge is -2.01. The molecule has 2 aromatic heterocycles. The van der Waals surface area contributed by atoms with Crippen molar-refractivity contribution < 1.29 is 4.79 Å². The van der Waals surface area contributed by atoms with Gasteiger partial charge in [-0.15, -0.1) is 11.3 Å². The van der Waals surface area contributed by atoms with Crippen molar-refractivity contribution in [3.63, 3.8) is 0 Å². The minimum Gasteiger partial charge on any atom is -0.294 e. The molecule has 0 N–H and O–H groups in total. The third-order valence-electron chi connectivity index (χ3n) is 2.48. The number of carbonyl (C=O) groups is 1. The maximum Gasteiger partial charge on any atom is 0.169 e. The van der Waals surface area contributed by atoms with Gasteiger partial charge in [0.15, 0.2) is 5.78 Å². The van der Waals surface area contributed by atoms with Crippen LogP contribution in [0.5, 0.6) is 0 Å². The molecule has 0 amide bonds. The molecule has 2 rings (SSSR count). The minimum atomic E-state index is 0.132. The molecule has 2 heterocycles. The van der Waals surface area contributed by atoms with Crippen LogP contribution in [0.3, 0.4) is 0 Å². The zero-order chi connectivity index (χ0) is 12.6. The summed E-state index contributed by atoms with van der Waals surface area (Å²) in [6.45, 7) is 1.92. The van der Waals surface area contributed by atoms with Crippen LogP contribution in [0.15, 0.2) is 15.9 Å². The highest BCUT2D eigenvalue weighted by molar-refractivity contribution is 14.1. The van der Waals surface area contributed by atoms with Crippen LogP contribution in [-0.2, 0) is 13.5 Å². The summed E-state index contributed by atoms with van der Waals surface area (Å²) in [7, 11) is 1.86. The van der Waals surface area contributed by atoms with Crippen LogP contribution in [0.1, 0.15) is 21.7 Å². The quantitative estimate of drug-likeness (QED) is 0.557. The number of halogens is 2. The maximum absolute atomic E-state index is 12.1. The standard InChI is InChI=1S/C11H10BrIN2OS/c1-6-11(12)8(15(2)14-6)4-9(16)7-3-10(13)17-5-7/h3,5H,4H2,1-2H3. The van der Waals surface area contributed by atoms with Gasteiger partial charge in [-0.25, -0.2) is 0 Å². The van der Waals surface area contributed by atoms with Gasteiger partial charge in [0.2, 0.25) is 0 Å². The summed E-state index contributed by atoms with van der Waals surface area (Å²) >= 11 is 7.28. The number of rotatable bonds is 3. The third-order valence-corrected chi connectivity index (χ3v) is 5.30. The molecule has 0 aliphatic carbocycles. The highest BCUT2D eigenvalue weighted by Crippen LogP contribution is 2.23. The van der Waals surface area contributed by atoms with E-state index in [4.69, 9.17) is 0 Å². The van der Waals surface area contributed by atoms with Gasteiger partial charge in [-0.1, -0.05) is 0 Å². The third kappa shape index (κ3) is 2.79. The van der Waals surface area contributed by atoms with Gasteiger partial charge in [-0.2, -0.15) is 5.10 Å². The molecule has 0 spiro atoms. The highest BCUT2D eigenvalue weighted by Gasteiger charge is 2.16. The van der Waals surface area contributed by atoms with E-state index in [-0.39, 0.29) is 5.78 Å². The molecule has 0 fully saturated rings. The molecule has 0 radical (unpaired) electrons. The monoisotopic (exact) mass is 424 g/mol. The Morgan fingerprint density at radius 2 is 2.35 bits per heavy atom. The van der Waals surface area contributed by atoms with Crippen molar-refractivity contribution in [2.45, 2.75) is 13.3 Å². The van der Waals surface area contributed by atoms with Crippen LogP contribution >= 0.6 is 49.9 Å². The Labute approximate surface area is 125 Å². The van der Waals surface area contributed by atoms with Gasteiger partial charge in [0.05, 0.1) is 25.2 Å². The normalized spacial score (nSPS) is 10.8. The Bertz CT molecular complexity index is 576. The van der Waals surface area contributed by atoms with E-state index in [1.807, 2.05) is 25.4 Å². The van der Waals surface area contributed by atoms with Crippen LogP contribution in [0.2, 0.25) is 0 Å². The van der Waals surface area contributed by atoms with Crippen LogP contribution in [-0.4, -0.2) is 15.6 Å². The van der Waals surface area contributed by atoms with Crippen LogP contribution < -0.4 is 0 Å². The number of hydrogen-bond donors (Lipinski definition) is 0. The Kier molecular flexibility index (Phi) is 4.04. The molecule has 17 heavy (non-hydrogen) atoms. The smallest absolute Gasteiger partial charge is 0.169 e. The van der Waals surface area contributed by atoms with Gasteiger partial charge in [0.1, 0.15) is 0 Å². The zero-order valence-electron chi connectivity index (χ0n) is 9.33. The summed E-state index contributed by atoms with van der Waals surface area (Å²) in [6.07, 6.45) is 0.380. The van der Waals surface area contributed by atoms with Crippen LogP contribution in [0.25, 0.3) is 0 Å². The molecule has 0 unspecified atom stereocenters. The predicted molar refractivity (Wildman–Crippen MR) is 80.7 cm³/mol. The summed E-state index contributed by atoms with van der Waals surface area (Å²) in [5, 5.41) is 6.19. The van der Waals surface area contributed by atoms with Crippen LogP contribution in [0.4, 0.5) is 0 Å². The summed E-state index contributed by atoms with van der Waals surface area (Å²) in [5.74, 6) is 0.132. The fraction of sp³-hybridized carbons (Fsp3) is 0.273. The SMILES string of the molecule is Cc1nn(C)c(CC(=O)c2csc(I)c2)c1Br. The first-order valence-electron chi connectivity index (χ1n) is 4.94. The van der Waals surface area contributed by atoms with Gasteiger partial charge in [0, 0.05) is 18.0 Å².